The van der Waals surface area contributed by atoms with Gasteiger partial charge in [-0.1, -0.05) is 0 Å². The normalized spacial score (nSPS) is 10.6. The summed E-state index contributed by atoms with van der Waals surface area (Å²) < 4.78 is 5.14. The molecule has 0 radical (unpaired) electrons. The highest BCUT2D eigenvalue weighted by Gasteiger charge is 2.13. The summed E-state index contributed by atoms with van der Waals surface area (Å²) in [6.45, 7) is -0.0367. The van der Waals surface area contributed by atoms with Crippen molar-refractivity contribution in [3.8, 4) is 11.5 Å². The monoisotopic (exact) mass is 341 g/mol. The lowest BCUT2D eigenvalue weighted by Crippen LogP contribution is -2.23. The van der Waals surface area contributed by atoms with Crippen molar-refractivity contribution in [1.82, 2.24) is 10.3 Å². The predicted molar refractivity (Wildman–Crippen MR) is 90.8 cm³/mol. The molecule has 0 saturated heterocycles. The zero-order valence-electron chi connectivity index (χ0n) is 13.3. The van der Waals surface area contributed by atoms with Crippen molar-refractivity contribution >= 4 is 22.5 Å². The number of aromatic nitrogens is 1. The minimum absolute atomic E-state index is 0.0367. The van der Waals surface area contributed by atoms with Crippen molar-refractivity contribution < 1.29 is 19.6 Å². The molecule has 3 N–H and O–H groups in total. The summed E-state index contributed by atoms with van der Waals surface area (Å²) in [5.74, 6) is 0.163. The lowest BCUT2D eigenvalue weighted by Gasteiger charge is -2.06. The van der Waals surface area contributed by atoms with Gasteiger partial charge in [-0.3, -0.25) is 14.9 Å². The van der Waals surface area contributed by atoms with E-state index in [1.807, 2.05) is 6.07 Å². The third kappa shape index (κ3) is 3.37. The third-order valence-electron chi connectivity index (χ3n) is 3.79. The van der Waals surface area contributed by atoms with Crippen LogP contribution in [-0.2, 0) is 6.54 Å². The number of carbonyl (C=O) groups excluding carboxylic acids is 1. The molecule has 8 heteroatoms. The van der Waals surface area contributed by atoms with Crippen LogP contribution in [0.25, 0.3) is 10.9 Å². The van der Waals surface area contributed by atoms with Crippen LogP contribution in [0.3, 0.4) is 0 Å². The van der Waals surface area contributed by atoms with Crippen LogP contribution in [0.4, 0.5) is 5.69 Å². The molecule has 0 aliphatic heterocycles. The first-order chi connectivity index (χ1) is 12.0. The molecule has 25 heavy (non-hydrogen) atoms. The molecule has 1 amide bonds. The van der Waals surface area contributed by atoms with E-state index in [0.717, 1.165) is 10.9 Å². The van der Waals surface area contributed by atoms with Crippen molar-refractivity contribution in [2.75, 3.05) is 7.11 Å². The van der Waals surface area contributed by atoms with Crippen LogP contribution in [0.15, 0.2) is 42.5 Å². The van der Waals surface area contributed by atoms with E-state index in [0.29, 0.717) is 11.4 Å². The Hall–Kier alpha value is -3.55. The molecule has 1 aromatic heterocycles. The van der Waals surface area contributed by atoms with E-state index in [9.17, 15) is 20.0 Å². The Balaban J connectivity index is 1.76. The van der Waals surface area contributed by atoms with Gasteiger partial charge in [0, 0.05) is 41.2 Å². The molecule has 3 aromatic rings. The van der Waals surface area contributed by atoms with Gasteiger partial charge in [-0.15, -0.1) is 0 Å². The van der Waals surface area contributed by atoms with Crippen LogP contribution in [0, 0.1) is 10.1 Å². The van der Waals surface area contributed by atoms with E-state index in [1.165, 1.54) is 18.2 Å². The summed E-state index contributed by atoms with van der Waals surface area (Å²) >= 11 is 0. The van der Waals surface area contributed by atoms with Crippen LogP contribution in [0.5, 0.6) is 11.5 Å². The third-order valence-corrected chi connectivity index (χ3v) is 3.79. The SMILES string of the molecule is COc1ccc2cc(C(=O)NCc3cc([N+](=O)[O-])ccc3O)[nH]c2c1. The van der Waals surface area contributed by atoms with Gasteiger partial charge in [0.15, 0.2) is 0 Å². The van der Waals surface area contributed by atoms with Gasteiger partial charge in [-0.2, -0.15) is 0 Å². The number of carbonyl (C=O) groups is 1. The largest absolute Gasteiger partial charge is 0.508 e. The molecule has 0 spiro atoms. The molecule has 1 heterocycles. The number of hydrogen-bond acceptors (Lipinski definition) is 5. The molecule has 8 nitrogen and oxygen atoms in total. The first-order valence-electron chi connectivity index (χ1n) is 7.39. The van der Waals surface area contributed by atoms with E-state index in [-0.39, 0.29) is 29.5 Å². The van der Waals surface area contributed by atoms with Gasteiger partial charge < -0.3 is 20.1 Å². The number of benzene rings is 2. The fourth-order valence-corrected chi connectivity index (χ4v) is 2.45. The van der Waals surface area contributed by atoms with Crippen LogP contribution in [-0.4, -0.2) is 28.0 Å². The van der Waals surface area contributed by atoms with Crippen LogP contribution >= 0.6 is 0 Å². The van der Waals surface area contributed by atoms with E-state index < -0.39 is 4.92 Å². The summed E-state index contributed by atoms with van der Waals surface area (Å²) in [5.41, 5.74) is 1.20. The Kier molecular flexibility index (Phi) is 4.25. The molecule has 0 unspecified atom stereocenters. The number of amides is 1. The van der Waals surface area contributed by atoms with E-state index in [1.54, 1.807) is 25.3 Å². The highest BCUT2D eigenvalue weighted by atomic mass is 16.6. The van der Waals surface area contributed by atoms with Crippen LogP contribution in [0.1, 0.15) is 16.1 Å². The summed E-state index contributed by atoms with van der Waals surface area (Å²) in [4.78, 5) is 25.5. The van der Waals surface area contributed by atoms with Crippen LogP contribution < -0.4 is 10.1 Å². The molecular formula is C17H15N3O5. The molecule has 0 saturated carbocycles. The first-order valence-corrected chi connectivity index (χ1v) is 7.39. The number of nitrogens with one attached hydrogen (secondary N) is 2. The number of nitro groups is 1. The fourth-order valence-electron chi connectivity index (χ4n) is 2.45. The number of H-pyrrole nitrogens is 1. The smallest absolute Gasteiger partial charge is 0.270 e. The highest BCUT2D eigenvalue weighted by Crippen LogP contribution is 2.23. The number of ether oxygens (including phenoxy) is 1. The maximum atomic E-state index is 12.3. The number of phenols is 1. The number of methoxy groups -OCH3 is 1. The number of aromatic amines is 1. The molecule has 0 bridgehead atoms. The number of non-ortho nitro benzene ring substituents is 1. The summed E-state index contributed by atoms with van der Waals surface area (Å²) in [6, 6.07) is 10.7. The molecule has 3 rings (SSSR count). The second kappa shape index (κ2) is 6.52. The number of aromatic hydroxyl groups is 1. The van der Waals surface area contributed by atoms with Crippen LogP contribution in [0.2, 0.25) is 0 Å². The van der Waals surface area contributed by atoms with Gasteiger partial charge in [0.25, 0.3) is 11.6 Å². The van der Waals surface area contributed by atoms with E-state index >= 15 is 0 Å². The Morgan fingerprint density at radius 1 is 1.28 bits per heavy atom. The fraction of sp³-hybridized carbons (Fsp3) is 0.118. The lowest BCUT2D eigenvalue weighted by atomic mass is 10.1. The lowest BCUT2D eigenvalue weighted by molar-refractivity contribution is -0.384. The molecule has 0 atom stereocenters. The van der Waals surface area contributed by atoms with Gasteiger partial charge in [0.05, 0.1) is 12.0 Å². The predicted octanol–water partition coefficient (Wildman–Crippen LogP) is 2.72. The molecule has 0 fully saturated rings. The van der Waals surface area contributed by atoms with E-state index in [2.05, 4.69) is 10.3 Å². The maximum Gasteiger partial charge on any atom is 0.270 e. The second-order valence-corrected chi connectivity index (χ2v) is 5.39. The molecule has 128 valence electrons. The standard InChI is InChI=1S/C17H15N3O5/c1-25-13-4-2-10-7-15(19-14(10)8-13)17(22)18-9-11-6-12(20(23)24)3-5-16(11)21/h2-8,19,21H,9H2,1H3,(H,18,22). The number of hydrogen-bond donors (Lipinski definition) is 3. The van der Waals surface area contributed by atoms with Crippen molar-refractivity contribution in [3.63, 3.8) is 0 Å². The minimum Gasteiger partial charge on any atom is -0.508 e. The maximum absolute atomic E-state index is 12.3. The zero-order chi connectivity index (χ0) is 18.0. The summed E-state index contributed by atoms with van der Waals surface area (Å²) in [5, 5.41) is 24.1. The molecule has 2 aromatic carbocycles. The number of rotatable bonds is 5. The van der Waals surface area contributed by atoms with Crippen molar-refractivity contribution in [1.29, 1.82) is 0 Å². The molecular weight excluding hydrogens is 326 g/mol. The average Bonchev–Trinajstić information content (AvgIpc) is 3.03. The van der Waals surface area contributed by atoms with Crippen molar-refractivity contribution in [2.24, 2.45) is 0 Å². The number of phenolic OH excluding ortho intramolecular Hbond substituents is 1. The average molecular weight is 341 g/mol. The molecule has 0 aliphatic carbocycles. The topological polar surface area (TPSA) is 117 Å². The Morgan fingerprint density at radius 2 is 2.08 bits per heavy atom. The van der Waals surface area contributed by atoms with Crippen molar-refractivity contribution in [2.45, 2.75) is 6.54 Å². The summed E-state index contributed by atoms with van der Waals surface area (Å²) in [7, 11) is 1.56. The van der Waals surface area contributed by atoms with Gasteiger partial charge in [0.1, 0.15) is 17.2 Å². The van der Waals surface area contributed by atoms with Gasteiger partial charge in [0.2, 0.25) is 0 Å². The number of nitro benzene ring substituents is 1. The van der Waals surface area contributed by atoms with E-state index in [4.69, 9.17) is 4.74 Å². The van der Waals surface area contributed by atoms with Gasteiger partial charge in [-0.25, -0.2) is 0 Å². The van der Waals surface area contributed by atoms with Gasteiger partial charge >= 0.3 is 0 Å². The number of nitrogens with zero attached hydrogens (tertiary/aromatic N) is 1. The Morgan fingerprint density at radius 3 is 2.80 bits per heavy atom. The molecule has 0 aliphatic rings. The van der Waals surface area contributed by atoms with Crippen molar-refractivity contribution in [3.05, 3.63) is 63.8 Å². The van der Waals surface area contributed by atoms with Gasteiger partial charge in [-0.05, 0) is 24.3 Å². The Bertz CT molecular complexity index is 964. The minimum atomic E-state index is -0.560. The summed E-state index contributed by atoms with van der Waals surface area (Å²) in [6.07, 6.45) is 0. The zero-order valence-corrected chi connectivity index (χ0v) is 13.3. The highest BCUT2D eigenvalue weighted by molar-refractivity contribution is 5.98. The number of fused-ring (bicyclic) bond motifs is 1. The Labute approximate surface area is 142 Å². The first kappa shape index (κ1) is 16.3. The second-order valence-electron chi connectivity index (χ2n) is 5.39. The quantitative estimate of drug-likeness (QED) is 0.487.